The minimum absolute atomic E-state index is 0.00932. The van der Waals surface area contributed by atoms with Gasteiger partial charge in [-0.3, -0.25) is 4.72 Å². The minimum atomic E-state index is -3.99. The van der Waals surface area contributed by atoms with E-state index in [0.717, 1.165) is 0 Å². The lowest BCUT2D eigenvalue weighted by Crippen LogP contribution is -2.37. The zero-order chi connectivity index (χ0) is 22.6. The number of benzene rings is 2. The molecule has 1 fully saturated rings. The highest BCUT2D eigenvalue weighted by molar-refractivity contribution is 7.92. The second kappa shape index (κ2) is 9.74. The largest absolute Gasteiger partial charge is 0.378 e. The molecule has 2 aromatic carbocycles. The van der Waals surface area contributed by atoms with E-state index in [0.29, 0.717) is 45.1 Å². The topological polar surface area (TPSA) is 96.0 Å². The first-order valence-corrected chi connectivity index (χ1v) is 13.2. The highest BCUT2D eigenvalue weighted by atomic mass is 35.5. The van der Waals surface area contributed by atoms with E-state index in [1.807, 2.05) is 4.90 Å². The predicted molar refractivity (Wildman–Crippen MR) is 122 cm³/mol. The fourth-order valence-corrected chi connectivity index (χ4v) is 6.24. The van der Waals surface area contributed by atoms with Gasteiger partial charge < -0.3 is 9.64 Å². The van der Waals surface area contributed by atoms with Crippen LogP contribution in [-0.2, 0) is 24.8 Å². The molecule has 1 saturated heterocycles. The van der Waals surface area contributed by atoms with Crippen molar-refractivity contribution in [2.75, 3.05) is 49.0 Å². The summed E-state index contributed by atoms with van der Waals surface area (Å²) in [4.78, 5) is 1.98. The molecular weight excluding hydrogens is 462 g/mol. The Kier molecular flexibility index (Phi) is 7.48. The molecule has 0 unspecified atom stereocenters. The molecule has 2 aromatic rings. The number of ether oxygens (including phenoxy) is 1. The smallest absolute Gasteiger partial charge is 0.262 e. The van der Waals surface area contributed by atoms with Crippen molar-refractivity contribution < 1.29 is 21.6 Å². The number of hydrogen-bond acceptors (Lipinski definition) is 6. The van der Waals surface area contributed by atoms with Crippen LogP contribution >= 0.6 is 11.6 Å². The molecule has 11 heteroatoms. The van der Waals surface area contributed by atoms with E-state index < -0.39 is 20.0 Å². The molecule has 1 heterocycles. The molecule has 0 spiro atoms. The Labute approximate surface area is 188 Å². The average Bonchev–Trinajstić information content (AvgIpc) is 2.75. The van der Waals surface area contributed by atoms with Gasteiger partial charge in [-0.15, -0.1) is 0 Å². The van der Waals surface area contributed by atoms with Crippen LogP contribution < -0.4 is 9.62 Å². The van der Waals surface area contributed by atoms with Crippen LogP contribution in [0.2, 0.25) is 5.02 Å². The second-order valence-electron chi connectivity index (χ2n) is 6.93. The van der Waals surface area contributed by atoms with Gasteiger partial charge in [0.15, 0.2) is 0 Å². The van der Waals surface area contributed by atoms with E-state index in [2.05, 4.69) is 4.72 Å². The lowest BCUT2D eigenvalue weighted by Gasteiger charge is -2.31. The number of nitrogens with one attached hydrogen (secondary N) is 1. The first-order valence-electron chi connectivity index (χ1n) is 9.94. The van der Waals surface area contributed by atoms with E-state index in [1.165, 1.54) is 28.6 Å². The lowest BCUT2D eigenvalue weighted by atomic mass is 10.2. The van der Waals surface area contributed by atoms with E-state index in [4.69, 9.17) is 16.3 Å². The lowest BCUT2D eigenvalue weighted by molar-refractivity contribution is 0.123. The number of morpholine rings is 1. The molecule has 0 amide bonds. The summed E-state index contributed by atoms with van der Waals surface area (Å²) in [6.45, 7) is 6.26. The Morgan fingerprint density at radius 3 is 2.29 bits per heavy atom. The predicted octanol–water partition coefficient (Wildman–Crippen LogP) is 3.01. The van der Waals surface area contributed by atoms with Gasteiger partial charge in [-0.25, -0.2) is 16.8 Å². The van der Waals surface area contributed by atoms with Crippen molar-refractivity contribution in [3.63, 3.8) is 0 Å². The van der Waals surface area contributed by atoms with Crippen LogP contribution in [0, 0.1) is 0 Å². The molecule has 1 aliphatic heterocycles. The third-order valence-corrected chi connectivity index (χ3v) is 8.66. The van der Waals surface area contributed by atoms with Crippen molar-refractivity contribution in [2.45, 2.75) is 23.6 Å². The van der Waals surface area contributed by atoms with E-state index in [1.54, 1.807) is 32.0 Å². The quantitative estimate of drug-likeness (QED) is 0.615. The van der Waals surface area contributed by atoms with Gasteiger partial charge in [-0.1, -0.05) is 31.5 Å². The van der Waals surface area contributed by atoms with Crippen molar-refractivity contribution in [1.29, 1.82) is 0 Å². The summed E-state index contributed by atoms with van der Waals surface area (Å²) in [5.74, 6) is 0. The van der Waals surface area contributed by atoms with Crippen molar-refractivity contribution in [3.8, 4) is 0 Å². The van der Waals surface area contributed by atoms with Gasteiger partial charge in [0.1, 0.15) is 0 Å². The van der Waals surface area contributed by atoms with E-state index >= 15 is 0 Å². The summed E-state index contributed by atoms with van der Waals surface area (Å²) in [7, 11) is -7.76. The first-order chi connectivity index (χ1) is 14.7. The van der Waals surface area contributed by atoms with E-state index in [-0.39, 0.29) is 20.5 Å². The fraction of sp³-hybridized carbons (Fsp3) is 0.400. The molecule has 0 aliphatic carbocycles. The van der Waals surface area contributed by atoms with Crippen LogP contribution in [0.4, 0.5) is 11.4 Å². The summed E-state index contributed by atoms with van der Waals surface area (Å²) in [6.07, 6.45) is 0. The minimum Gasteiger partial charge on any atom is -0.378 e. The van der Waals surface area contributed by atoms with Crippen molar-refractivity contribution in [3.05, 3.63) is 47.5 Å². The van der Waals surface area contributed by atoms with Crippen LogP contribution in [0.3, 0.4) is 0 Å². The Morgan fingerprint density at radius 2 is 1.68 bits per heavy atom. The van der Waals surface area contributed by atoms with Gasteiger partial charge in [-0.2, -0.15) is 4.31 Å². The van der Waals surface area contributed by atoms with Crippen LogP contribution in [0.5, 0.6) is 0 Å². The molecule has 8 nitrogen and oxygen atoms in total. The zero-order valence-electron chi connectivity index (χ0n) is 17.4. The van der Waals surface area contributed by atoms with Gasteiger partial charge in [0.2, 0.25) is 10.0 Å². The number of anilines is 2. The number of halogens is 1. The molecule has 31 heavy (non-hydrogen) atoms. The van der Waals surface area contributed by atoms with Gasteiger partial charge in [0.05, 0.1) is 34.4 Å². The van der Waals surface area contributed by atoms with Crippen molar-refractivity contribution in [2.24, 2.45) is 0 Å². The highest BCUT2D eigenvalue weighted by Gasteiger charge is 2.26. The SMILES string of the molecule is CCN(CC)S(=O)(=O)c1ccc(N2CCOCC2)c(NS(=O)(=O)c2cccc(Cl)c2)c1. The maximum Gasteiger partial charge on any atom is 0.262 e. The number of sulfonamides is 2. The van der Waals surface area contributed by atoms with Crippen LogP contribution in [0.15, 0.2) is 52.3 Å². The number of rotatable bonds is 8. The van der Waals surface area contributed by atoms with Gasteiger partial charge in [0, 0.05) is 31.2 Å². The standard InChI is InChI=1S/C20H26ClN3O5S2/c1-3-24(4-2)31(27,28)18-8-9-20(23-10-12-29-13-11-23)19(15-18)22-30(25,26)17-7-5-6-16(21)14-17/h5-9,14-15,22H,3-4,10-13H2,1-2H3. The van der Waals surface area contributed by atoms with Crippen molar-refractivity contribution in [1.82, 2.24) is 4.31 Å². The monoisotopic (exact) mass is 487 g/mol. The van der Waals surface area contributed by atoms with Gasteiger partial charge >= 0.3 is 0 Å². The molecule has 170 valence electrons. The third-order valence-electron chi connectivity index (χ3n) is 5.01. The Morgan fingerprint density at radius 1 is 1.00 bits per heavy atom. The van der Waals surface area contributed by atoms with Gasteiger partial charge in [-0.05, 0) is 36.4 Å². The van der Waals surface area contributed by atoms with Crippen LogP contribution in [-0.4, -0.2) is 60.5 Å². The third kappa shape index (κ3) is 5.32. The Balaban J connectivity index is 2.08. The van der Waals surface area contributed by atoms with Crippen molar-refractivity contribution >= 4 is 43.0 Å². The number of hydrogen-bond donors (Lipinski definition) is 1. The second-order valence-corrected chi connectivity index (χ2v) is 11.0. The summed E-state index contributed by atoms with van der Waals surface area (Å²) in [6, 6.07) is 10.4. The summed E-state index contributed by atoms with van der Waals surface area (Å²) in [5.41, 5.74) is 0.780. The zero-order valence-corrected chi connectivity index (χ0v) is 19.8. The van der Waals surface area contributed by atoms with E-state index in [9.17, 15) is 16.8 Å². The molecule has 1 aliphatic rings. The van der Waals surface area contributed by atoms with Gasteiger partial charge in [0.25, 0.3) is 10.0 Å². The normalized spacial score (nSPS) is 15.3. The van der Waals surface area contributed by atoms with Crippen LogP contribution in [0.1, 0.15) is 13.8 Å². The number of nitrogens with zero attached hydrogens (tertiary/aromatic N) is 2. The van der Waals surface area contributed by atoms with Crippen LogP contribution in [0.25, 0.3) is 0 Å². The molecule has 3 rings (SSSR count). The summed E-state index contributed by atoms with van der Waals surface area (Å²) < 4.78 is 61.3. The molecular formula is C20H26ClN3O5S2. The molecule has 0 bridgehead atoms. The first kappa shape index (κ1) is 23.8. The average molecular weight is 488 g/mol. The fourth-order valence-electron chi connectivity index (χ4n) is 3.39. The maximum atomic E-state index is 13.0. The molecule has 0 saturated carbocycles. The summed E-state index contributed by atoms with van der Waals surface area (Å²) in [5, 5.41) is 0.286. The maximum absolute atomic E-state index is 13.0. The summed E-state index contributed by atoms with van der Waals surface area (Å²) >= 11 is 5.96. The molecule has 0 aromatic heterocycles. The molecule has 0 atom stereocenters. The highest BCUT2D eigenvalue weighted by Crippen LogP contribution is 2.32. The molecule has 0 radical (unpaired) electrons. The Bertz CT molecular complexity index is 1130. The Hall–Kier alpha value is -1.85. The molecule has 1 N–H and O–H groups in total.